The van der Waals surface area contributed by atoms with Crippen LogP contribution >= 0.6 is 46.6 Å². The third-order valence-corrected chi connectivity index (χ3v) is 5.28. The fraction of sp³-hybridized carbons (Fsp3) is 0.0625. The molecule has 1 aromatic heterocycles. The van der Waals surface area contributed by atoms with E-state index in [1.165, 1.54) is 11.8 Å². The molecule has 1 heterocycles. The van der Waals surface area contributed by atoms with Crippen molar-refractivity contribution < 1.29 is 0 Å². The second-order valence-electron chi connectivity index (χ2n) is 5.14. The van der Waals surface area contributed by atoms with Crippen LogP contribution in [-0.2, 0) is 5.75 Å². The van der Waals surface area contributed by atoms with Crippen LogP contribution in [0.4, 0.5) is 11.5 Å². The topological polar surface area (TPSA) is 85.8 Å². The van der Waals surface area contributed by atoms with Gasteiger partial charge in [-0.25, -0.2) is 0 Å². The number of aromatic nitrogens is 3. The maximum absolute atomic E-state index is 12.4. The first-order valence-electron chi connectivity index (χ1n) is 7.29. The zero-order chi connectivity index (χ0) is 18.7. The smallest absolute Gasteiger partial charge is 0.315 e. The standard InChI is InChI=1S/C16H12Cl3N5OS/c17-10-5-6-12(19)13(7-10)21-14-15(25)24(20)16(23-22-14)26-8-9-3-1-2-4-11(9)18/h1-7H,8,20H2,(H,21,22). The SMILES string of the molecule is Nn1c(SCc2ccccc2Cl)nnc(Nc2cc(Cl)ccc2Cl)c1=O. The van der Waals surface area contributed by atoms with E-state index in [-0.39, 0.29) is 11.0 Å². The average molecular weight is 429 g/mol. The molecule has 0 radical (unpaired) electrons. The van der Waals surface area contributed by atoms with Crippen LogP contribution in [0.2, 0.25) is 15.1 Å². The molecule has 0 unspecified atom stereocenters. The molecule has 0 aliphatic heterocycles. The van der Waals surface area contributed by atoms with Crippen molar-refractivity contribution in [3.05, 3.63) is 73.4 Å². The molecule has 3 rings (SSSR count). The quantitative estimate of drug-likeness (QED) is 0.464. The van der Waals surface area contributed by atoms with Crippen LogP contribution in [0, 0.1) is 0 Å². The lowest BCUT2D eigenvalue weighted by molar-refractivity contribution is 0.705. The second kappa shape index (κ2) is 8.18. The predicted octanol–water partition coefficient (Wildman–Crippen LogP) is 4.35. The summed E-state index contributed by atoms with van der Waals surface area (Å²) in [4.78, 5) is 12.4. The van der Waals surface area contributed by atoms with Crippen LogP contribution in [0.5, 0.6) is 0 Å². The molecule has 0 fully saturated rings. The van der Waals surface area contributed by atoms with Crippen LogP contribution < -0.4 is 16.7 Å². The zero-order valence-electron chi connectivity index (χ0n) is 13.1. The number of benzene rings is 2. The Balaban J connectivity index is 1.81. The molecule has 3 aromatic rings. The van der Waals surface area contributed by atoms with Gasteiger partial charge in [-0.2, -0.15) is 4.68 Å². The molecule has 0 atom stereocenters. The minimum absolute atomic E-state index is 0.0567. The molecule has 0 amide bonds. The highest BCUT2D eigenvalue weighted by Crippen LogP contribution is 2.27. The summed E-state index contributed by atoms with van der Waals surface area (Å²) in [6.45, 7) is 0. The van der Waals surface area contributed by atoms with Crippen molar-refractivity contribution in [2.45, 2.75) is 10.9 Å². The van der Waals surface area contributed by atoms with E-state index in [0.717, 1.165) is 10.2 Å². The maximum atomic E-state index is 12.4. The van der Waals surface area contributed by atoms with Gasteiger partial charge in [0.2, 0.25) is 11.0 Å². The van der Waals surface area contributed by atoms with Gasteiger partial charge in [-0.3, -0.25) is 4.79 Å². The van der Waals surface area contributed by atoms with E-state index >= 15 is 0 Å². The van der Waals surface area contributed by atoms with Crippen LogP contribution in [0.1, 0.15) is 5.56 Å². The Kier molecular flexibility index (Phi) is 5.93. The van der Waals surface area contributed by atoms with Crippen molar-refractivity contribution in [2.24, 2.45) is 0 Å². The number of anilines is 2. The van der Waals surface area contributed by atoms with Crippen molar-refractivity contribution in [1.29, 1.82) is 0 Å². The fourth-order valence-electron chi connectivity index (χ4n) is 2.04. The number of hydrogen-bond donors (Lipinski definition) is 2. The van der Waals surface area contributed by atoms with Crippen LogP contribution in [0.15, 0.2) is 52.4 Å². The molecule has 0 saturated heterocycles. The normalized spacial score (nSPS) is 10.7. The van der Waals surface area contributed by atoms with Gasteiger partial charge in [-0.15, -0.1) is 10.2 Å². The maximum Gasteiger partial charge on any atom is 0.315 e. The minimum atomic E-state index is -0.544. The highest BCUT2D eigenvalue weighted by molar-refractivity contribution is 7.98. The summed E-state index contributed by atoms with van der Waals surface area (Å²) in [6, 6.07) is 12.2. The summed E-state index contributed by atoms with van der Waals surface area (Å²) >= 11 is 19.4. The van der Waals surface area contributed by atoms with Gasteiger partial charge in [-0.05, 0) is 29.8 Å². The molecule has 6 nitrogen and oxygen atoms in total. The van der Waals surface area contributed by atoms with Crippen LogP contribution in [0.25, 0.3) is 0 Å². The Labute approximate surface area is 168 Å². The summed E-state index contributed by atoms with van der Waals surface area (Å²) in [6.07, 6.45) is 0. The Morgan fingerprint density at radius 3 is 2.62 bits per heavy atom. The summed E-state index contributed by atoms with van der Waals surface area (Å²) < 4.78 is 0.926. The first-order valence-corrected chi connectivity index (χ1v) is 9.40. The van der Waals surface area contributed by atoms with E-state index < -0.39 is 5.56 Å². The Morgan fingerprint density at radius 2 is 1.85 bits per heavy atom. The molecule has 134 valence electrons. The van der Waals surface area contributed by atoms with Gasteiger partial charge >= 0.3 is 5.56 Å². The molecular formula is C16H12Cl3N5OS. The number of hydrogen-bond acceptors (Lipinski definition) is 6. The first kappa shape index (κ1) is 18.8. The highest BCUT2D eigenvalue weighted by Gasteiger charge is 2.13. The fourth-order valence-corrected chi connectivity index (χ4v) is 3.52. The number of nitrogens with two attached hydrogens (primary N) is 1. The number of nitrogens with zero attached hydrogens (tertiary/aromatic N) is 3. The van der Waals surface area contributed by atoms with E-state index in [1.54, 1.807) is 24.3 Å². The van der Waals surface area contributed by atoms with E-state index in [9.17, 15) is 4.79 Å². The molecule has 0 aliphatic rings. The monoisotopic (exact) mass is 427 g/mol. The van der Waals surface area contributed by atoms with E-state index in [1.807, 2.05) is 18.2 Å². The third-order valence-electron chi connectivity index (χ3n) is 3.36. The largest absolute Gasteiger partial charge is 0.334 e. The number of halogens is 3. The zero-order valence-corrected chi connectivity index (χ0v) is 16.2. The lowest BCUT2D eigenvalue weighted by atomic mass is 10.2. The lowest BCUT2D eigenvalue weighted by Crippen LogP contribution is -2.32. The molecule has 0 saturated carbocycles. The third kappa shape index (κ3) is 4.24. The van der Waals surface area contributed by atoms with Gasteiger partial charge < -0.3 is 11.2 Å². The molecule has 10 heteroatoms. The van der Waals surface area contributed by atoms with Gasteiger partial charge in [0.25, 0.3) is 0 Å². The van der Waals surface area contributed by atoms with Gasteiger partial charge in [0.15, 0.2) is 0 Å². The van der Waals surface area contributed by atoms with Crippen LogP contribution in [-0.4, -0.2) is 14.9 Å². The van der Waals surface area contributed by atoms with Crippen molar-refractivity contribution in [1.82, 2.24) is 14.9 Å². The molecule has 26 heavy (non-hydrogen) atoms. The summed E-state index contributed by atoms with van der Waals surface area (Å²) in [5.41, 5.74) is 0.793. The molecule has 2 aromatic carbocycles. The first-order chi connectivity index (χ1) is 12.5. The van der Waals surface area contributed by atoms with Crippen LogP contribution in [0.3, 0.4) is 0 Å². The highest BCUT2D eigenvalue weighted by atomic mass is 35.5. The summed E-state index contributed by atoms with van der Waals surface area (Å²) in [7, 11) is 0. The van der Waals surface area contributed by atoms with Gasteiger partial charge in [0.1, 0.15) is 0 Å². The Morgan fingerprint density at radius 1 is 1.08 bits per heavy atom. The van der Waals surface area contributed by atoms with Gasteiger partial charge in [-0.1, -0.05) is 64.8 Å². The predicted molar refractivity (Wildman–Crippen MR) is 107 cm³/mol. The molecular weight excluding hydrogens is 417 g/mol. The summed E-state index contributed by atoms with van der Waals surface area (Å²) in [5, 5.41) is 12.5. The molecule has 0 aliphatic carbocycles. The Hall–Kier alpha value is -1.93. The number of thioether (sulfide) groups is 1. The van der Waals surface area contributed by atoms with Crippen molar-refractivity contribution in [3.8, 4) is 0 Å². The molecule has 3 N–H and O–H groups in total. The van der Waals surface area contributed by atoms with Gasteiger partial charge in [0, 0.05) is 15.8 Å². The van der Waals surface area contributed by atoms with Gasteiger partial charge in [0.05, 0.1) is 10.7 Å². The number of nitrogen functional groups attached to an aromatic ring is 1. The Bertz CT molecular complexity index is 1010. The molecule has 0 bridgehead atoms. The van der Waals surface area contributed by atoms with Crippen molar-refractivity contribution in [2.75, 3.05) is 11.2 Å². The number of nitrogens with one attached hydrogen (secondary N) is 1. The van der Waals surface area contributed by atoms with Crippen molar-refractivity contribution >= 4 is 58.1 Å². The van der Waals surface area contributed by atoms with E-state index in [2.05, 4.69) is 15.5 Å². The summed E-state index contributed by atoms with van der Waals surface area (Å²) in [5.74, 6) is 6.30. The van der Waals surface area contributed by atoms with E-state index in [4.69, 9.17) is 40.6 Å². The minimum Gasteiger partial charge on any atom is -0.334 e. The molecule has 0 spiro atoms. The number of rotatable bonds is 5. The van der Waals surface area contributed by atoms with Crippen molar-refractivity contribution in [3.63, 3.8) is 0 Å². The van der Waals surface area contributed by atoms with E-state index in [0.29, 0.717) is 26.5 Å². The average Bonchev–Trinajstić information content (AvgIpc) is 2.62. The second-order valence-corrected chi connectivity index (χ2v) is 7.33. The lowest BCUT2D eigenvalue weighted by Gasteiger charge is -2.10.